The minimum atomic E-state index is -0.614. The van der Waals surface area contributed by atoms with Crippen LogP contribution in [0.1, 0.15) is 6.92 Å². The third-order valence-corrected chi connectivity index (χ3v) is 1.72. The fourth-order valence-corrected chi connectivity index (χ4v) is 0.944. The Morgan fingerprint density at radius 2 is 1.88 bits per heavy atom. The molecule has 17 heavy (non-hydrogen) atoms. The van der Waals surface area contributed by atoms with Gasteiger partial charge in [-0.1, -0.05) is 0 Å². The van der Waals surface area contributed by atoms with Gasteiger partial charge in [-0.2, -0.15) is 9.97 Å². The minimum absolute atomic E-state index is 0.0382. The van der Waals surface area contributed by atoms with Gasteiger partial charge in [0.1, 0.15) is 0 Å². The molecule has 94 valence electrons. The highest BCUT2D eigenvalue weighted by molar-refractivity contribution is 5.72. The predicted octanol–water partition coefficient (Wildman–Crippen LogP) is 0.100. The molecule has 1 heterocycles. The second kappa shape index (κ2) is 5.19. The molecule has 0 radical (unpaired) electrons. The average molecular weight is 241 g/mol. The molecule has 8 heteroatoms. The number of aromatic nitrogens is 2. The van der Waals surface area contributed by atoms with Crippen LogP contribution < -0.4 is 20.9 Å². The van der Waals surface area contributed by atoms with Crippen molar-refractivity contribution < 1.29 is 14.3 Å². The summed E-state index contributed by atoms with van der Waals surface area (Å²) in [5.41, 5.74) is 11.2. The zero-order chi connectivity index (χ0) is 13.0. The van der Waals surface area contributed by atoms with Crippen LogP contribution in [-0.4, -0.2) is 41.7 Å². The van der Waals surface area contributed by atoms with Gasteiger partial charge < -0.3 is 25.8 Å². The third-order valence-electron chi connectivity index (χ3n) is 1.72. The number of nitrogen functional groups attached to an aromatic ring is 2. The van der Waals surface area contributed by atoms with Crippen molar-refractivity contribution in [3.8, 4) is 11.8 Å². The first-order chi connectivity index (χ1) is 7.95. The monoisotopic (exact) mass is 241 g/mol. The Kier molecular flexibility index (Phi) is 3.91. The SMILES string of the molecule is CCOc1nc(N)nc(OC(=O)N(C)C)c1N. The maximum Gasteiger partial charge on any atom is 0.416 e. The smallest absolute Gasteiger partial charge is 0.416 e. The van der Waals surface area contributed by atoms with Crippen molar-refractivity contribution in [1.82, 2.24) is 14.9 Å². The van der Waals surface area contributed by atoms with Crippen LogP contribution in [0.15, 0.2) is 0 Å². The van der Waals surface area contributed by atoms with E-state index in [0.29, 0.717) is 6.61 Å². The summed E-state index contributed by atoms with van der Waals surface area (Å²) in [4.78, 5) is 20.1. The maximum absolute atomic E-state index is 11.4. The number of hydrogen-bond donors (Lipinski definition) is 2. The molecule has 1 rings (SSSR count). The fourth-order valence-electron chi connectivity index (χ4n) is 0.944. The summed E-state index contributed by atoms with van der Waals surface area (Å²) in [5.74, 6) is -0.0922. The van der Waals surface area contributed by atoms with E-state index in [4.69, 9.17) is 20.9 Å². The molecule has 1 amide bonds. The van der Waals surface area contributed by atoms with Crippen LogP contribution in [0.25, 0.3) is 0 Å². The number of nitrogens with zero attached hydrogens (tertiary/aromatic N) is 3. The Balaban J connectivity index is 3.03. The lowest BCUT2D eigenvalue weighted by Gasteiger charge is -2.13. The zero-order valence-corrected chi connectivity index (χ0v) is 9.93. The predicted molar refractivity (Wildman–Crippen MR) is 61.7 cm³/mol. The van der Waals surface area contributed by atoms with Gasteiger partial charge in [0.15, 0.2) is 5.69 Å². The topological polar surface area (TPSA) is 117 Å². The van der Waals surface area contributed by atoms with Crippen molar-refractivity contribution in [3.63, 3.8) is 0 Å². The van der Waals surface area contributed by atoms with Gasteiger partial charge >= 0.3 is 6.09 Å². The largest absolute Gasteiger partial charge is 0.476 e. The summed E-state index contributed by atoms with van der Waals surface area (Å²) in [6.45, 7) is 2.13. The van der Waals surface area contributed by atoms with Crippen LogP contribution >= 0.6 is 0 Å². The summed E-state index contributed by atoms with van der Waals surface area (Å²) in [7, 11) is 3.07. The van der Waals surface area contributed by atoms with Crippen LogP contribution in [0, 0.1) is 0 Å². The lowest BCUT2D eigenvalue weighted by atomic mass is 10.5. The van der Waals surface area contributed by atoms with Gasteiger partial charge in [0.25, 0.3) is 5.88 Å². The van der Waals surface area contributed by atoms with Crippen molar-refractivity contribution in [1.29, 1.82) is 0 Å². The number of carbonyl (C=O) groups is 1. The lowest BCUT2D eigenvalue weighted by molar-refractivity contribution is 0.170. The highest BCUT2D eigenvalue weighted by atomic mass is 16.6. The van der Waals surface area contributed by atoms with E-state index in [-0.39, 0.29) is 23.4 Å². The molecule has 0 aliphatic heterocycles. The van der Waals surface area contributed by atoms with Crippen molar-refractivity contribution in [2.45, 2.75) is 6.92 Å². The third kappa shape index (κ3) is 3.10. The van der Waals surface area contributed by atoms with E-state index in [1.54, 1.807) is 6.92 Å². The van der Waals surface area contributed by atoms with E-state index in [2.05, 4.69) is 9.97 Å². The first-order valence-electron chi connectivity index (χ1n) is 4.90. The molecule has 0 aromatic carbocycles. The summed E-state index contributed by atoms with van der Waals surface area (Å²) < 4.78 is 10.1. The molecule has 0 aliphatic carbocycles. The Hall–Kier alpha value is -2.25. The van der Waals surface area contributed by atoms with Crippen LogP contribution in [0.5, 0.6) is 11.8 Å². The average Bonchev–Trinajstić information content (AvgIpc) is 2.24. The van der Waals surface area contributed by atoms with Crippen molar-refractivity contribution in [2.75, 3.05) is 32.2 Å². The molecule has 4 N–H and O–H groups in total. The molecule has 0 aliphatic rings. The number of rotatable bonds is 3. The Bertz CT molecular complexity index is 421. The summed E-state index contributed by atoms with van der Waals surface area (Å²) in [5, 5.41) is 0. The number of anilines is 2. The molecule has 0 atom stereocenters. The van der Waals surface area contributed by atoms with Crippen LogP contribution in [0.4, 0.5) is 16.4 Å². The molecular formula is C9H15N5O3. The van der Waals surface area contributed by atoms with Crippen molar-refractivity contribution in [3.05, 3.63) is 0 Å². The summed E-state index contributed by atoms with van der Waals surface area (Å²) >= 11 is 0. The van der Waals surface area contributed by atoms with E-state index in [1.807, 2.05) is 0 Å². The Morgan fingerprint density at radius 3 is 2.41 bits per heavy atom. The summed E-state index contributed by atoms with van der Waals surface area (Å²) in [6, 6.07) is 0. The molecule has 0 fully saturated rings. The number of ether oxygens (including phenoxy) is 2. The van der Waals surface area contributed by atoms with Crippen molar-refractivity contribution in [2.24, 2.45) is 0 Å². The van der Waals surface area contributed by atoms with Crippen LogP contribution in [0.3, 0.4) is 0 Å². The number of hydrogen-bond acceptors (Lipinski definition) is 7. The van der Waals surface area contributed by atoms with E-state index in [1.165, 1.54) is 19.0 Å². The van der Waals surface area contributed by atoms with Crippen molar-refractivity contribution >= 4 is 17.7 Å². The van der Waals surface area contributed by atoms with E-state index in [9.17, 15) is 4.79 Å². The standard InChI is InChI=1S/C9H15N5O3/c1-4-16-6-5(10)7(13-8(11)12-6)17-9(15)14(2)3/h4,10H2,1-3H3,(H2,11,12,13). The van der Waals surface area contributed by atoms with Crippen LogP contribution in [-0.2, 0) is 0 Å². The number of carbonyl (C=O) groups excluding carboxylic acids is 1. The molecule has 0 saturated heterocycles. The Morgan fingerprint density at radius 1 is 1.29 bits per heavy atom. The van der Waals surface area contributed by atoms with Gasteiger partial charge in [0.05, 0.1) is 6.61 Å². The Labute approximate surface area is 98.5 Å². The molecule has 8 nitrogen and oxygen atoms in total. The molecule has 1 aromatic heterocycles. The minimum Gasteiger partial charge on any atom is -0.476 e. The summed E-state index contributed by atoms with van der Waals surface area (Å²) in [6.07, 6.45) is -0.614. The van der Waals surface area contributed by atoms with E-state index < -0.39 is 6.09 Å². The second-order valence-electron chi connectivity index (χ2n) is 3.30. The van der Waals surface area contributed by atoms with Gasteiger partial charge in [0, 0.05) is 14.1 Å². The first-order valence-corrected chi connectivity index (χ1v) is 4.90. The molecular weight excluding hydrogens is 226 g/mol. The van der Waals surface area contributed by atoms with Gasteiger partial charge in [-0.3, -0.25) is 0 Å². The van der Waals surface area contributed by atoms with Gasteiger partial charge in [0.2, 0.25) is 11.8 Å². The normalized spacial score (nSPS) is 9.82. The zero-order valence-electron chi connectivity index (χ0n) is 9.93. The number of amides is 1. The quantitative estimate of drug-likeness (QED) is 0.770. The first kappa shape index (κ1) is 12.8. The van der Waals surface area contributed by atoms with Gasteiger partial charge in [-0.25, -0.2) is 4.79 Å². The van der Waals surface area contributed by atoms with E-state index in [0.717, 1.165) is 0 Å². The molecule has 1 aromatic rings. The number of nitrogens with two attached hydrogens (primary N) is 2. The second-order valence-corrected chi connectivity index (χ2v) is 3.30. The lowest BCUT2D eigenvalue weighted by Crippen LogP contribution is -2.26. The van der Waals surface area contributed by atoms with E-state index >= 15 is 0 Å². The van der Waals surface area contributed by atoms with Crippen LogP contribution in [0.2, 0.25) is 0 Å². The maximum atomic E-state index is 11.4. The fraction of sp³-hybridized carbons (Fsp3) is 0.444. The molecule has 0 unspecified atom stereocenters. The van der Waals surface area contributed by atoms with Gasteiger partial charge in [-0.15, -0.1) is 0 Å². The molecule has 0 saturated carbocycles. The highest BCUT2D eigenvalue weighted by Gasteiger charge is 2.17. The van der Waals surface area contributed by atoms with Gasteiger partial charge in [-0.05, 0) is 6.92 Å². The highest BCUT2D eigenvalue weighted by Crippen LogP contribution is 2.28. The molecule has 0 spiro atoms. The molecule has 0 bridgehead atoms.